The van der Waals surface area contributed by atoms with Crippen LogP contribution in [0.2, 0.25) is 0 Å². The van der Waals surface area contributed by atoms with Gasteiger partial charge in [-0.3, -0.25) is 4.79 Å². The van der Waals surface area contributed by atoms with Gasteiger partial charge >= 0.3 is 0 Å². The Morgan fingerprint density at radius 2 is 2.20 bits per heavy atom. The SMILES string of the molecule is O=C1NCc2ccc(-c3cccs3)cc21. The summed E-state index contributed by atoms with van der Waals surface area (Å²) in [7, 11) is 0. The fourth-order valence-corrected chi connectivity index (χ4v) is 2.53. The van der Waals surface area contributed by atoms with Crippen molar-refractivity contribution in [1.82, 2.24) is 5.32 Å². The number of fused-ring (bicyclic) bond motifs is 1. The standard InChI is InChI=1S/C12H9NOS/c14-12-10-6-8(11-2-1-5-15-11)3-4-9(10)7-13-12/h1-6H,7H2,(H,13,14). The number of benzene rings is 1. The Bertz CT molecular complexity index is 516. The van der Waals surface area contributed by atoms with Crippen LogP contribution in [0.5, 0.6) is 0 Å². The predicted molar refractivity (Wildman–Crippen MR) is 60.9 cm³/mol. The molecule has 0 fully saturated rings. The van der Waals surface area contributed by atoms with Crippen LogP contribution >= 0.6 is 11.3 Å². The molecule has 1 N–H and O–H groups in total. The molecule has 1 amide bonds. The summed E-state index contributed by atoms with van der Waals surface area (Å²) >= 11 is 1.69. The van der Waals surface area contributed by atoms with Crippen LogP contribution in [0.4, 0.5) is 0 Å². The van der Waals surface area contributed by atoms with Crippen molar-refractivity contribution < 1.29 is 4.79 Å². The van der Waals surface area contributed by atoms with Crippen LogP contribution in [0.3, 0.4) is 0 Å². The zero-order valence-corrected chi connectivity index (χ0v) is 8.80. The fraction of sp³-hybridized carbons (Fsp3) is 0.0833. The topological polar surface area (TPSA) is 29.1 Å². The van der Waals surface area contributed by atoms with Crippen molar-refractivity contribution in [2.24, 2.45) is 0 Å². The monoisotopic (exact) mass is 215 g/mol. The molecule has 3 rings (SSSR count). The number of amides is 1. The minimum Gasteiger partial charge on any atom is -0.348 e. The first-order chi connectivity index (χ1) is 7.34. The average Bonchev–Trinajstić information content (AvgIpc) is 2.88. The number of nitrogens with one attached hydrogen (secondary N) is 1. The van der Waals surface area contributed by atoms with E-state index in [1.165, 1.54) is 4.88 Å². The average molecular weight is 215 g/mol. The highest BCUT2D eigenvalue weighted by atomic mass is 32.1. The molecule has 2 heterocycles. The molecule has 74 valence electrons. The second-order valence-corrected chi connectivity index (χ2v) is 4.48. The highest BCUT2D eigenvalue weighted by Crippen LogP contribution is 2.28. The predicted octanol–water partition coefficient (Wildman–Crippen LogP) is 2.66. The summed E-state index contributed by atoms with van der Waals surface area (Å²) in [5, 5.41) is 4.87. The Kier molecular flexibility index (Phi) is 1.86. The third-order valence-corrected chi connectivity index (χ3v) is 3.52. The lowest BCUT2D eigenvalue weighted by Crippen LogP contribution is -2.12. The Labute approximate surface area is 91.6 Å². The van der Waals surface area contributed by atoms with E-state index >= 15 is 0 Å². The molecule has 3 heteroatoms. The van der Waals surface area contributed by atoms with Gasteiger partial charge in [0.2, 0.25) is 0 Å². The van der Waals surface area contributed by atoms with E-state index in [0.29, 0.717) is 6.54 Å². The lowest BCUT2D eigenvalue weighted by atomic mass is 10.1. The first kappa shape index (κ1) is 8.68. The number of carbonyl (C=O) groups excluding carboxylic acids is 1. The van der Waals surface area contributed by atoms with Gasteiger partial charge in [-0.2, -0.15) is 0 Å². The molecule has 0 saturated carbocycles. The van der Waals surface area contributed by atoms with Crippen LogP contribution in [0.15, 0.2) is 35.7 Å². The number of carbonyl (C=O) groups is 1. The molecule has 0 radical (unpaired) electrons. The van der Waals surface area contributed by atoms with Crippen LogP contribution in [-0.2, 0) is 6.54 Å². The fourth-order valence-electron chi connectivity index (χ4n) is 1.81. The van der Waals surface area contributed by atoms with Crippen LogP contribution in [0.25, 0.3) is 10.4 Å². The highest BCUT2D eigenvalue weighted by Gasteiger charge is 2.18. The molecule has 0 atom stereocenters. The van der Waals surface area contributed by atoms with Crippen molar-refractivity contribution in [3.63, 3.8) is 0 Å². The number of rotatable bonds is 1. The van der Waals surface area contributed by atoms with Gasteiger partial charge in [0.15, 0.2) is 0 Å². The van der Waals surface area contributed by atoms with Gasteiger partial charge in [-0.15, -0.1) is 11.3 Å². The summed E-state index contributed by atoms with van der Waals surface area (Å²) in [5.74, 6) is 0.0448. The molecule has 1 aliphatic rings. The number of hydrogen-bond acceptors (Lipinski definition) is 2. The lowest BCUT2D eigenvalue weighted by molar-refractivity contribution is 0.0966. The van der Waals surface area contributed by atoms with Gasteiger partial charge < -0.3 is 5.32 Å². The molecule has 0 unspecified atom stereocenters. The van der Waals surface area contributed by atoms with Crippen molar-refractivity contribution in [3.05, 3.63) is 46.8 Å². The van der Waals surface area contributed by atoms with Crippen molar-refractivity contribution in [3.8, 4) is 10.4 Å². The molecule has 0 saturated heterocycles. The van der Waals surface area contributed by atoms with Crippen LogP contribution in [0, 0.1) is 0 Å². The van der Waals surface area contributed by atoms with Crippen molar-refractivity contribution in [2.45, 2.75) is 6.54 Å². The van der Waals surface area contributed by atoms with Gasteiger partial charge in [0, 0.05) is 17.0 Å². The quantitative estimate of drug-likeness (QED) is 0.778. The first-order valence-electron chi connectivity index (χ1n) is 4.79. The Morgan fingerprint density at radius 1 is 1.27 bits per heavy atom. The Hall–Kier alpha value is -1.61. The van der Waals surface area contributed by atoms with Gasteiger partial charge in [-0.05, 0) is 28.6 Å². The molecule has 0 bridgehead atoms. The second-order valence-electron chi connectivity index (χ2n) is 3.53. The van der Waals surface area contributed by atoms with Crippen molar-refractivity contribution in [1.29, 1.82) is 0 Å². The zero-order valence-electron chi connectivity index (χ0n) is 7.99. The minimum absolute atomic E-state index is 0.0448. The van der Waals surface area contributed by atoms with Gasteiger partial charge in [-0.25, -0.2) is 0 Å². The normalized spacial score (nSPS) is 13.7. The van der Waals surface area contributed by atoms with E-state index in [2.05, 4.69) is 17.4 Å². The van der Waals surface area contributed by atoms with Gasteiger partial charge in [0.1, 0.15) is 0 Å². The summed E-state index contributed by atoms with van der Waals surface area (Å²) in [6.45, 7) is 0.666. The minimum atomic E-state index is 0.0448. The summed E-state index contributed by atoms with van der Waals surface area (Å²) < 4.78 is 0. The molecule has 15 heavy (non-hydrogen) atoms. The third-order valence-electron chi connectivity index (χ3n) is 2.60. The van der Waals surface area contributed by atoms with Crippen LogP contribution in [-0.4, -0.2) is 5.91 Å². The summed E-state index contributed by atoms with van der Waals surface area (Å²) in [6.07, 6.45) is 0. The van der Waals surface area contributed by atoms with E-state index in [0.717, 1.165) is 16.7 Å². The van der Waals surface area contributed by atoms with Gasteiger partial charge in [0.05, 0.1) is 0 Å². The van der Waals surface area contributed by atoms with Gasteiger partial charge in [-0.1, -0.05) is 18.2 Å². The number of hydrogen-bond donors (Lipinski definition) is 1. The molecule has 0 aliphatic carbocycles. The maximum Gasteiger partial charge on any atom is 0.251 e. The first-order valence-corrected chi connectivity index (χ1v) is 5.67. The molecule has 2 aromatic rings. The largest absolute Gasteiger partial charge is 0.348 e. The van der Waals surface area contributed by atoms with Gasteiger partial charge in [0.25, 0.3) is 5.91 Å². The van der Waals surface area contributed by atoms with E-state index in [4.69, 9.17) is 0 Å². The van der Waals surface area contributed by atoms with Crippen LogP contribution < -0.4 is 5.32 Å². The zero-order chi connectivity index (χ0) is 10.3. The highest BCUT2D eigenvalue weighted by molar-refractivity contribution is 7.13. The maximum absolute atomic E-state index is 11.5. The Morgan fingerprint density at radius 3 is 3.00 bits per heavy atom. The van der Waals surface area contributed by atoms with E-state index in [1.807, 2.05) is 23.6 Å². The van der Waals surface area contributed by atoms with E-state index in [-0.39, 0.29) is 5.91 Å². The smallest absolute Gasteiger partial charge is 0.251 e. The summed E-state index contributed by atoms with van der Waals surface area (Å²) in [4.78, 5) is 12.7. The summed E-state index contributed by atoms with van der Waals surface area (Å²) in [5.41, 5.74) is 3.04. The third kappa shape index (κ3) is 1.36. The second kappa shape index (κ2) is 3.21. The molecular weight excluding hydrogens is 206 g/mol. The molecular formula is C12H9NOS. The molecule has 0 spiro atoms. The Balaban J connectivity index is 2.13. The van der Waals surface area contributed by atoms with Crippen molar-refractivity contribution in [2.75, 3.05) is 0 Å². The molecule has 1 aromatic carbocycles. The van der Waals surface area contributed by atoms with Crippen molar-refractivity contribution >= 4 is 17.2 Å². The number of thiophene rings is 1. The lowest BCUT2D eigenvalue weighted by Gasteiger charge is -2.00. The van der Waals surface area contributed by atoms with E-state index in [1.54, 1.807) is 11.3 Å². The molecule has 2 nitrogen and oxygen atoms in total. The summed E-state index contributed by atoms with van der Waals surface area (Å²) in [6, 6.07) is 10.2. The molecule has 1 aliphatic heterocycles. The van der Waals surface area contributed by atoms with Crippen LogP contribution in [0.1, 0.15) is 15.9 Å². The molecule has 1 aromatic heterocycles. The van der Waals surface area contributed by atoms with E-state index < -0.39 is 0 Å². The maximum atomic E-state index is 11.5. The van der Waals surface area contributed by atoms with E-state index in [9.17, 15) is 4.79 Å².